The van der Waals surface area contributed by atoms with Crippen molar-refractivity contribution in [2.24, 2.45) is 0 Å². The maximum absolute atomic E-state index is 5.60. The third kappa shape index (κ3) is 2.43. The van der Waals surface area contributed by atoms with Crippen molar-refractivity contribution in [2.75, 3.05) is 0 Å². The molecular weight excluding hydrogens is 276 g/mol. The molecule has 5 heteroatoms. The van der Waals surface area contributed by atoms with Gasteiger partial charge in [0.15, 0.2) is 11.9 Å². The van der Waals surface area contributed by atoms with Gasteiger partial charge in [0.05, 0.1) is 0 Å². The molecule has 0 bridgehead atoms. The maximum Gasteiger partial charge on any atom is 0.256 e. The Kier molecular flexibility index (Phi) is 3.46. The summed E-state index contributed by atoms with van der Waals surface area (Å²) in [7, 11) is 0. The summed E-state index contributed by atoms with van der Waals surface area (Å²) in [5.74, 6) is 1.91. The zero-order chi connectivity index (χ0) is 14.8. The monoisotopic (exact) mass is 294 g/mol. The summed E-state index contributed by atoms with van der Waals surface area (Å²) >= 11 is 0. The molecule has 0 N–H and O–H groups in total. The highest BCUT2D eigenvalue weighted by atomic mass is 16.5. The molecule has 2 heterocycles. The van der Waals surface area contributed by atoms with E-state index in [0.717, 1.165) is 24.2 Å². The van der Waals surface area contributed by atoms with Crippen molar-refractivity contribution in [1.29, 1.82) is 0 Å². The molecule has 3 aromatic rings. The SMILES string of the molecule is c1ccc(C(c2nc(C3CCCC3)no2)n2cccn2)cc1. The lowest BCUT2D eigenvalue weighted by Crippen LogP contribution is -2.13. The Balaban J connectivity index is 1.72. The first kappa shape index (κ1) is 13.2. The third-order valence-corrected chi connectivity index (χ3v) is 4.32. The van der Waals surface area contributed by atoms with Crippen molar-refractivity contribution in [3.8, 4) is 0 Å². The lowest BCUT2D eigenvalue weighted by Gasteiger charge is -2.13. The van der Waals surface area contributed by atoms with E-state index in [-0.39, 0.29) is 6.04 Å². The summed E-state index contributed by atoms with van der Waals surface area (Å²) in [6.45, 7) is 0. The second-order valence-corrected chi connectivity index (χ2v) is 5.77. The molecule has 0 radical (unpaired) electrons. The number of aromatic nitrogens is 4. The van der Waals surface area contributed by atoms with Crippen molar-refractivity contribution in [2.45, 2.75) is 37.6 Å². The van der Waals surface area contributed by atoms with Crippen molar-refractivity contribution in [3.05, 3.63) is 66.1 Å². The molecule has 1 aliphatic carbocycles. The minimum absolute atomic E-state index is 0.168. The molecule has 1 saturated carbocycles. The van der Waals surface area contributed by atoms with E-state index in [0.29, 0.717) is 11.8 Å². The van der Waals surface area contributed by atoms with E-state index in [1.165, 1.54) is 12.8 Å². The van der Waals surface area contributed by atoms with Crippen LogP contribution in [0, 0.1) is 0 Å². The van der Waals surface area contributed by atoms with E-state index in [1.54, 1.807) is 6.20 Å². The average Bonchev–Trinajstić information content (AvgIpc) is 3.31. The van der Waals surface area contributed by atoms with Crippen LogP contribution in [0.25, 0.3) is 0 Å². The molecule has 22 heavy (non-hydrogen) atoms. The number of hydrogen-bond donors (Lipinski definition) is 0. The van der Waals surface area contributed by atoms with E-state index < -0.39 is 0 Å². The predicted octanol–water partition coefficient (Wildman–Crippen LogP) is 3.56. The second-order valence-electron chi connectivity index (χ2n) is 5.77. The first-order chi connectivity index (χ1) is 10.9. The maximum atomic E-state index is 5.60. The molecule has 0 aliphatic heterocycles. The first-order valence-electron chi connectivity index (χ1n) is 7.79. The summed E-state index contributed by atoms with van der Waals surface area (Å²) in [6, 6.07) is 11.9. The fourth-order valence-electron chi connectivity index (χ4n) is 3.19. The summed E-state index contributed by atoms with van der Waals surface area (Å²) in [6.07, 6.45) is 8.54. The smallest absolute Gasteiger partial charge is 0.256 e. The van der Waals surface area contributed by atoms with Gasteiger partial charge in [0, 0.05) is 18.3 Å². The fourth-order valence-corrected chi connectivity index (χ4v) is 3.19. The summed E-state index contributed by atoms with van der Waals surface area (Å²) < 4.78 is 7.46. The molecule has 1 atom stereocenters. The average molecular weight is 294 g/mol. The molecule has 1 aliphatic rings. The molecule has 2 aromatic heterocycles. The molecule has 0 amide bonds. The van der Waals surface area contributed by atoms with Crippen LogP contribution in [-0.2, 0) is 0 Å². The lowest BCUT2D eigenvalue weighted by atomic mass is 10.1. The molecule has 4 rings (SSSR count). The zero-order valence-corrected chi connectivity index (χ0v) is 12.3. The fraction of sp³-hybridized carbons (Fsp3) is 0.353. The lowest BCUT2D eigenvalue weighted by molar-refractivity contribution is 0.340. The van der Waals surface area contributed by atoms with Crippen molar-refractivity contribution in [3.63, 3.8) is 0 Å². The summed E-state index contributed by atoms with van der Waals surface area (Å²) in [5, 5.41) is 8.59. The highest BCUT2D eigenvalue weighted by Gasteiger charge is 2.27. The predicted molar refractivity (Wildman–Crippen MR) is 81.4 cm³/mol. The van der Waals surface area contributed by atoms with E-state index >= 15 is 0 Å². The van der Waals surface area contributed by atoms with Crippen LogP contribution in [0.15, 0.2) is 53.3 Å². The van der Waals surface area contributed by atoms with Gasteiger partial charge in [-0.2, -0.15) is 10.1 Å². The van der Waals surface area contributed by atoms with Crippen LogP contribution in [0.1, 0.15) is 54.9 Å². The van der Waals surface area contributed by atoms with Crippen LogP contribution in [0.5, 0.6) is 0 Å². The van der Waals surface area contributed by atoms with Gasteiger partial charge in [0.2, 0.25) is 0 Å². The standard InChI is InChI=1S/C17H18N4O/c1-2-7-13(8-3-1)15(21-12-6-11-18-21)17-19-16(20-22-17)14-9-4-5-10-14/h1-3,6-8,11-12,14-15H,4-5,9-10H2. The molecule has 1 aromatic carbocycles. The molecular formula is C17H18N4O. The number of rotatable bonds is 4. The first-order valence-corrected chi connectivity index (χ1v) is 7.79. The highest BCUT2D eigenvalue weighted by Crippen LogP contribution is 2.33. The molecule has 0 saturated heterocycles. The quantitative estimate of drug-likeness (QED) is 0.738. The van der Waals surface area contributed by atoms with Crippen molar-refractivity contribution in [1.82, 2.24) is 19.9 Å². The molecule has 5 nitrogen and oxygen atoms in total. The normalized spacial score (nSPS) is 16.9. The Morgan fingerprint density at radius 2 is 1.91 bits per heavy atom. The number of nitrogens with zero attached hydrogens (tertiary/aromatic N) is 4. The van der Waals surface area contributed by atoms with Crippen LogP contribution < -0.4 is 0 Å². The van der Waals surface area contributed by atoms with E-state index in [1.807, 2.05) is 35.1 Å². The minimum Gasteiger partial charge on any atom is -0.337 e. The Hall–Kier alpha value is -2.43. The van der Waals surface area contributed by atoms with Crippen molar-refractivity contribution < 1.29 is 4.52 Å². The highest BCUT2D eigenvalue weighted by molar-refractivity contribution is 5.24. The Bertz CT molecular complexity index is 714. The summed E-state index contributed by atoms with van der Waals surface area (Å²) in [5.41, 5.74) is 1.09. The van der Waals surface area contributed by atoms with E-state index in [2.05, 4.69) is 27.4 Å². The molecule has 112 valence electrons. The van der Waals surface area contributed by atoms with Gasteiger partial charge in [-0.25, -0.2) is 0 Å². The molecule has 0 spiro atoms. The van der Waals surface area contributed by atoms with Crippen LogP contribution in [-0.4, -0.2) is 19.9 Å². The van der Waals surface area contributed by atoms with Gasteiger partial charge in [-0.05, 0) is 24.5 Å². The largest absolute Gasteiger partial charge is 0.337 e. The van der Waals surface area contributed by atoms with Gasteiger partial charge in [0.25, 0.3) is 5.89 Å². The van der Waals surface area contributed by atoms with Gasteiger partial charge in [-0.3, -0.25) is 4.68 Å². The van der Waals surface area contributed by atoms with E-state index in [9.17, 15) is 0 Å². The van der Waals surface area contributed by atoms with Gasteiger partial charge < -0.3 is 4.52 Å². The Labute approximate surface area is 129 Å². The van der Waals surface area contributed by atoms with Crippen LogP contribution in [0.2, 0.25) is 0 Å². The zero-order valence-electron chi connectivity index (χ0n) is 12.3. The number of hydrogen-bond acceptors (Lipinski definition) is 4. The molecule has 1 fully saturated rings. The van der Waals surface area contributed by atoms with Crippen LogP contribution in [0.3, 0.4) is 0 Å². The van der Waals surface area contributed by atoms with Crippen molar-refractivity contribution >= 4 is 0 Å². The Morgan fingerprint density at radius 1 is 1.09 bits per heavy atom. The summed E-state index contributed by atoms with van der Waals surface area (Å²) in [4.78, 5) is 4.69. The topological polar surface area (TPSA) is 56.7 Å². The molecule has 1 unspecified atom stereocenters. The third-order valence-electron chi connectivity index (χ3n) is 4.32. The minimum atomic E-state index is -0.168. The van der Waals surface area contributed by atoms with Gasteiger partial charge in [-0.15, -0.1) is 0 Å². The van der Waals surface area contributed by atoms with Crippen LogP contribution >= 0.6 is 0 Å². The second kappa shape index (κ2) is 5.75. The van der Waals surface area contributed by atoms with Gasteiger partial charge in [-0.1, -0.05) is 48.3 Å². The van der Waals surface area contributed by atoms with Crippen LogP contribution in [0.4, 0.5) is 0 Å². The van der Waals surface area contributed by atoms with E-state index in [4.69, 9.17) is 4.52 Å². The number of benzene rings is 1. The Morgan fingerprint density at radius 3 is 2.64 bits per heavy atom. The van der Waals surface area contributed by atoms with Gasteiger partial charge in [0.1, 0.15) is 0 Å². The van der Waals surface area contributed by atoms with Gasteiger partial charge >= 0.3 is 0 Å².